The lowest BCUT2D eigenvalue weighted by atomic mass is 9.98. The van der Waals surface area contributed by atoms with Gasteiger partial charge in [-0.15, -0.1) is 5.10 Å². The van der Waals surface area contributed by atoms with Gasteiger partial charge in [0.05, 0.1) is 18.7 Å². The quantitative estimate of drug-likeness (QED) is 0.602. The Hall–Kier alpha value is -3.43. The van der Waals surface area contributed by atoms with Crippen molar-refractivity contribution in [2.75, 3.05) is 56.2 Å². The van der Waals surface area contributed by atoms with E-state index in [0.717, 1.165) is 49.1 Å². The average molecular weight is 422 g/mol. The molecule has 0 atom stereocenters. The summed E-state index contributed by atoms with van der Waals surface area (Å²) < 4.78 is 7.24. The number of nitrogens with zero attached hydrogens (tertiary/aromatic N) is 8. The monoisotopic (exact) mass is 422 g/mol. The second-order valence-corrected chi connectivity index (χ2v) is 7.86. The van der Waals surface area contributed by atoms with Gasteiger partial charge in [-0.2, -0.15) is 0 Å². The number of rotatable bonds is 5. The number of carbonyl (C=O) groups is 1. The molecule has 10 heteroatoms. The topological polar surface area (TPSA) is 92.5 Å². The van der Waals surface area contributed by atoms with E-state index in [1.807, 2.05) is 30.0 Å². The van der Waals surface area contributed by atoms with Crippen LogP contribution in [-0.2, 0) is 11.3 Å². The Morgan fingerprint density at radius 1 is 1.10 bits per heavy atom. The smallest absolute Gasteiger partial charge is 0.229 e. The number of hydrogen-bond acceptors (Lipinski definition) is 8. The standard InChI is InChI=1S/C21H26N8O2/c1-3-29-20-18(24-25-29)19(22-14-23-20)28-12-15(13-28)21(30)27-10-8-26(9-11-27)16-6-4-5-7-17(16)31-2/h4-7,14-15H,3,8-13H2,1-2H3. The first kappa shape index (κ1) is 19.5. The molecule has 0 bridgehead atoms. The van der Waals surface area contributed by atoms with Crippen LogP contribution in [0.5, 0.6) is 5.75 Å². The van der Waals surface area contributed by atoms with Gasteiger partial charge in [-0.1, -0.05) is 17.3 Å². The Morgan fingerprint density at radius 2 is 1.87 bits per heavy atom. The first-order valence-electron chi connectivity index (χ1n) is 10.7. The Balaban J connectivity index is 1.20. The molecule has 2 saturated heterocycles. The third kappa shape index (κ3) is 3.41. The summed E-state index contributed by atoms with van der Waals surface area (Å²) in [5, 5.41) is 8.37. The lowest BCUT2D eigenvalue weighted by Gasteiger charge is -2.43. The Morgan fingerprint density at radius 3 is 2.61 bits per heavy atom. The first-order valence-corrected chi connectivity index (χ1v) is 10.7. The number of amides is 1. The second kappa shape index (κ2) is 8.01. The zero-order valence-electron chi connectivity index (χ0n) is 17.8. The SMILES string of the molecule is CCn1nnc2c(N3CC(C(=O)N4CCN(c5ccccc5OC)CC4)C3)ncnc21. The summed E-state index contributed by atoms with van der Waals surface area (Å²) in [7, 11) is 1.69. The van der Waals surface area contributed by atoms with Gasteiger partial charge in [-0.3, -0.25) is 4.79 Å². The molecule has 1 amide bonds. The molecule has 0 saturated carbocycles. The fourth-order valence-electron chi connectivity index (χ4n) is 4.35. The fourth-order valence-corrected chi connectivity index (χ4v) is 4.35. The zero-order valence-corrected chi connectivity index (χ0v) is 17.8. The lowest BCUT2D eigenvalue weighted by Crippen LogP contribution is -2.58. The largest absolute Gasteiger partial charge is 0.495 e. The van der Waals surface area contributed by atoms with E-state index in [1.54, 1.807) is 18.1 Å². The van der Waals surface area contributed by atoms with Gasteiger partial charge in [0, 0.05) is 45.8 Å². The van der Waals surface area contributed by atoms with Gasteiger partial charge in [0.25, 0.3) is 0 Å². The van der Waals surface area contributed by atoms with Gasteiger partial charge < -0.3 is 19.4 Å². The molecule has 162 valence electrons. The van der Waals surface area contributed by atoms with E-state index < -0.39 is 0 Å². The van der Waals surface area contributed by atoms with Crippen molar-refractivity contribution in [3.8, 4) is 5.75 Å². The van der Waals surface area contributed by atoms with E-state index in [9.17, 15) is 4.79 Å². The van der Waals surface area contributed by atoms with E-state index in [1.165, 1.54) is 0 Å². The maximum Gasteiger partial charge on any atom is 0.229 e. The molecule has 0 unspecified atom stereocenters. The Labute approximate surface area is 180 Å². The molecule has 1 aromatic carbocycles. The highest BCUT2D eigenvalue weighted by Crippen LogP contribution is 2.30. The Kier molecular flexibility index (Phi) is 5.05. The summed E-state index contributed by atoms with van der Waals surface area (Å²) in [4.78, 5) is 28.1. The Bertz CT molecular complexity index is 1090. The molecular formula is C21H26N8O2. The maximum atomic E-state index is 13.0. The summed E-state index contributed by atoms with van der Waals surface area (Å²) in [6, 6.07) is 8.02. The zero-order chi connectivity index (χ0) is 21.4. The highest BCUT2D eigenvalue weighted by atomic mass is 16.5. The summed E-state index contributed by atoms with van der Waals surface area (Å²) in [5.41, 5.74) is 2.51. The van der Waals surface area contributed by atoms with Crippen LogP contribution in [0.1, 0.15) is 6.92 Å². The average Bonchev–Trinajstić information content (AvgIpc) is 3.22. The molecule has 2 aliphatic rings. The summed E-state index contributed by atoms with van der Waals surface area (Å²) >= 11 is 0. The third-order valence-corrected chi connectivity index (χ3v) is 6.13. The number of carbonyl (C=O) groups excluding carboxylic acids is 1. The van der Waals surface area contributed by atoms with Crippen LogP contribution in [0.15, 0.2) is 30.6 Å². The molecule has 3 aromatic rings. The van der Waals surface area contributed by atoms with Gasteiger partial charge in [0.2, 0.25) is 5.91 Å². The highest BCUT2D eigenvalue weighted by molar-refractivity contribution is 5.86. The molecular weight excluding hydrogens is 396 g/mol. The van der Waals surface area contributed by atoms with Crippen molar-refractivity contribution in [3.63, 3.8) is 0 Å². The highest BCUT2D eigenvalue weighted by Gasteiger charge is 2.38. The van der Waals surface area contributed by atoms with Crippen LogP contribution in [0.3, 0.4) is 0 Å². The molecule has 0 N–H and O–H groups in total. The van der Waals surface area contributed by atoms with Crippen molar-refractivity contribution >= 4 is 28.6 Å². The van der Waals surface area contributed by atoms with Crippen LogP contribution in [0.25, 0.3) is 11.2 Å². The number of piperazine rings is 1. The molecule has 0 aliphatic carbocycles. The molecule has 0 radical (unpaired) electrons. The second-order valence-electron chi connectivity index (χ2n) is 7.86. The van der Waals surface area contributed by atoms with Crippen molar-refractivity contribution in [1.82, 2.24) is 29.9 Å². The summed E-state index contributed by atoms with van der Waals surface area (Å²) in [6.07, 6.45) is 1.54. The van der Waals surface area contributed by atoms with Crippen molar-refractivity contribution < 1.29 is 9.53 Å². The molecule has 2 aliphatic heterocycles. The van der Waals surface area contributed by atoms with Crippen LogP contribution < -0.4 is 14.5 Å². The van der Waals surface area contributed by atoms with E-state index in [-0.39, 0.29) is 11.8 Å². The molecule has 2 aromatic heterocycles. The summed E-state index contributed by atoms with van der Waals surface area (Å²) in [5.74, 6) is 1.84. The van der Waals surface area contributed by atoms with Gasteiger partial charge in [-0.25, -0.2) is 14.6 Å². The van der Waals surface area contributed by atoms with E-state index in [4.69, 9.17) is 4.74 Å². The minimum absolute atomic E-state index is 0.0101. The minimum atomic E-state index is -0.0101. The van der Waals surface area contributed by atoms with Crippen LogP contribution in [0, 0.1) is 5.92 Å². The van der Waals surface area contributed by atoms with Crippen molar-refractivity contribution in [1.29, 1.82) is 0 Å². The fraction of sp³-hybridized carbons (Fsp3) is 0.476. The van der Waals surface area contributed by atoms with Gasteiger partial charge in [0.15, 0.2) is 17.0 Å². The van der Waals surface area contributed by atoms with Crippen LogP contribution in [-0.4, -0.2) is 82.1 Å². The van der Waals surface area contributed by atoms with Crippen LogP contribution in [0.2, 0.25) is 0 Å². The predicted octanol–water partition coefficient (Wildman–Crippen LogP) is 1.03. The minimum Gasteiger partial charge on any atom is -0.495 e. The van der Waals surface area contributed by atoms with Crippen molar-refractivity contribution in [3.05, 3.63) is 30.6 Å². The maximum absolute atomic E-state index is 13.0. The van der Waals surface area contributed by atoms with Crippen LogP contribution in [0.4, 0.5) is 11.5 Å². The van der Waals surface area contributed by atoms with Gasteiger partial charge in [0.1, 0.15) is 12.1 Å². The van der Waals surface area contributed by atoms with E-state index in [2.05, 4.69) is 36.1 Å². The number of fused-ring (bicyclic) bond motifs is 1. The predicted molar refractivity (Wildman–Crippen MR) is 116 cm³/mol. The van der Waals surface area contributed by atoms with Gasteiger partial charge >= 0.3 is 0 Å². The number of anilines is 2. The number of aryl methyl sites for hydroxylation is 1. The number of ether oxygens (including phenoxy) is 1. The molecule has 31 heavy (non-hydrogen) atoms. The van der Waals surface area contributed by atoms with Crippen molar-refractivity contribution in [2.45, 2.75) is 13.5 Å². The molecule has 10 nitrogen and oxygen atoms in total. The summed E-state index contributed by atoms with van der Waals surface area (Å²) in [6.45, 7) is 7.04. The first-order chi connectivity index (χ1) is 15.2. The van der Waals surface area contributed by atoms with Crippen molar-refractivity contribution in [2.24, 2.45) is 5.92 Å². The molecule has 2 fully saturated rings. The lowest BCUT2D eigenvalue weighted by molar-refractivity contribution is -0.136. The number of benzene rings is 1. The molecule has 4 heterocycles. The number of aromatic nitrogens is 5. The van der Waals surface area contributed by atoms with Gasteiger partial charge in [-0.05, 0) is 19.1 Å². The van der Waals surface area contributed by atoms with E-state index >= 15 is 0 Å². The normalized spacial score (nSPS) is 17.2. The molecule has 5 rings (SSSR count). The molecule has 0 spiro atoms. The number of hydrogen-bond donors (Lipinski definition) is 0. The third-order valence-electron chi connectivity index (χ3n) is 6.13. The van der Waals surface area contributed by atoms with Crippen LogP contribution >= 0.6 is 0 Å². The van der Waals surface area contributed by atoms with E-state index in [0.29, 0.717) is 25.2 Å². The number of methoxy groups -OCH3 is 1. The number of para-hydroxylation sites is 2.